The van der Waals surface area contributed by atoms with E-state index in [2.05, 4.69) is 32.0 Å². The molecule has 2 aliphatic heterocycles. The van der Waals surface area contributed by atoms with Crippen molar-refractivity contribution in [3.05, 3.63) is 97.0 Å². The van der Waals surface area contributed by atoms with E-state index >= 15 is 0 Å². The number of amides is 2. The number of H-pyrrole nitrogens is 1. The zero-order chi connectivity index (χ0) is 35.5. The van der Waals surface area contributed by atoms with Gasteiger partial charge in [-0.25, -0.2) is 4.39 Å². The van der Waals surface area contributed by atoms with E-state index in [-0.39, 0.29) is 24.7 Å². The number of hydrogen-bond donors (Lipinski definition) is 3. The normalized spacial score (nSPS) is 18.8. The summed E-state index contributed by atoms with van der Waals surface area (Å²) in [6.07, 6.45) is -0.787. The van der Waals surface area contributed by atoms with Crippen LogP contribution in [0.2, 0.25) is 0 Å². The molecule has 2 amide bonds. The number of fused-ring (bicyclic) bond motifs is 1. The van der Waals surface area contributed by atoms with Crippen LogP contribution in [0.4, 0.5) is 28.9 Å². The van der Waals surface area contributed by atoms with Crippen LogP contribution in [0.5, 0.6) is 0 Å². The number of aromatic nitrogens is 2. The average Bonchev–Trinajstić information content (AvgIpc) is 3.74. The van der Waals surface area contributed by atoms with E-state index in [1.165, 1.54) is 35.4 Å². The molecular weight excluding hydrogens is 652 g/mol. The van der Waals surface area contributed by atoms with Gasteiger partial charge in [-0.2, -0.15) is 18.3 Å². The number of benzene rings is 3. The van der Waals surface area contributed by atoms with E-state index in [1.807, 2.05) is 24.3 Å². The maximum absolute atomic E-state index is 14.6. The van der Waals surface area contributed by atoms with Gasteiger partial charge in [0.15, 0.2) is 5.41 Å². The summed E-state index contributed by atoms with van der Waals surface area (Å²) < 4.78 is 57.4. The molecule has 6 rings (SSSR count). The Hall–Kier alpha value is -5.50. The molecule has 50 heavy (non-hydrogen) atoms. The Balaban J connectivity index is 1.06. The molecule has 3 heterocycles. The number of rotatable bonds is 9. The highest BCUT2D eigenvalue weighted by Crippen LogP contribution is 2.46. The molecule has 0 spiro atoms. The van der Waals surface area contributed by atoms with Crippen molar-refractivity contribution in [2.75, 3.05) is 56.0 Å². The molecule has 0 bridgehead atoms. The zero-order valence-corrected chi connectivity index (χ0v) is 27.1. The number of aliphatic imine (C=N–C) groups is 1. The summed E-state index contributed by atoms with van der Waals surface area (Å²) in [5.74, 6) is -1.88. The van der Waals surface area contributed by atoms with E-state index in [0.717, 1.165) is 11.3 Å². The first-order chi connectivity index (χ1) is 24.0. The third-order valence-corrected chi connectivity index (χ3v) is 9.25. The zero-order valence-electron chi connectivity index (χ0n) is 27.1. The van der Waals surface area contributed by atoms with Gasteiger partial charge in [0.1, 0.15) is 5.82 Å². The Morgan fingerprint density at radius 3 is 2.42 bits per heavy atom. The SMILES string of the molecule is C=C(/N=C\C=C/N)c1ccc(N2CCN(C(=O)CN3CCC(C(=O)Nc4ccc5[nH]nc(-c6ccc(F)cc6)c5c4)(C(F)(F)F)C3)CC2)cc1. The van der Waals surface area contributed by atoms with E-state index in [0.29, 0.717) is 54.0 Å². The lowest BCUT2D eigenvalue weighted by Crippen LogP contribution is -2.52. The number of piperazine rings is 1. The fourth-order valence-corrected chi connectivity index (χ4v) is 6.37. The van der Waals surface area contributed by atoms with Gasteiger partial charge in [-0.3, -0.25) is 24.6 Å². The second-order valence-electron chi connectivity index (χ2n) is 12.4. The molecule has 0 aliphatic carbocycles. The fraction of sp³-hybridized carbons (Fsp3) is 0.278. The van der Waals surface area contributed by atoms with Gasteiger partial charge in [0.2, 0.25) is 11.8 Å². The van der Waals surface area contributed by atoms with Crippen molar-refractivity contribution in [2.24, 2.45) is 16.1 Å². The van der Waals surface area contributed by atoms with Crippen LogP contribution in [-0.4, -0.2) is 90.0 Å². The Morgan fingerprint density at radius 2 is 1.74 bits per heavy atom. The number of aromatic amines is 1. The van der Waals surface area contributed by atoms with Crippen LogP contribution in [0.1, 0.15) is 12.0 Å². The Kier molecular flexibility index (Phi) is 9.73. The largest absolute Gasteiger partial charge is 0.405 e. The van der Waals surface area contributed by atoms with Gasteiger partial charge in [-0.15, -0.1) is 0 Å². The maximum atomic E-state index is 14.6. The van der Waals surface area contributed by atoms with Crippen LogP contribution < -0.4 is 16.0 Å². The van der Waals surface area contributed by atoms with Crippen molar-refractivity contribution in [3.63, 3.8) is 0 Å². The van der Waals surface area contributed by atoms with E-state index in [9.17, 15) is 27.2 Å². The smallest absolute Gasteiger partial charge is 0.404 e. The van der Waals surface area contributed by atoms with Gasteiger partial charge in [-0.1, -0.05) is 18.7 Å². The molecule has 1 atom stereocenters. The number of nitrogens with one attached hydrogen (secondary N) is 2. The molecular formula is C36H36F4N8O2. The van der Waals surface area contributed by atoms with Crippen molar-refractivity contribution >= 4 is 46.0 Å². The molecule has 2 aliphatic rings. The molecule has 260 valence electrons. The van der Waals surface area contributed by atoms with Gasteiger partial charge in [0.05, 0.1) is 23.5 Å². The topological polar surface area (TPSA) is 123 Å². The molecule has 10 nitrogen and oxygen atoms in total. The minimum atomic E-state index is -4.85. The molecule has 1 unspecified atom stereocenters. The number of carbonyl (C=O) groups is 2. The van der Waals surface area contributed by atoms with Crippen molar-refractivity contribution in [1.82, 2.24) is 20.0 Å². The third kappa shape index (κ3) is 7.10. The lowest BCUT2D eigenvalue weighted by atomic mass is 9.85. The number of anilines is 2. The van der Waals surface area contributed by atoms with Crippen LogP contribution in [0.3, 0.4) is 0 Å². The first-order valence-electron chi connectivity index (χ1n) is 16.0. The molecule has 3 aromatic carbocycles. The lowest BCUT2D eigenvalue weighted by molar-refractivity contribution is -0.215. The Morgan fingerprint density at radius 1 is 1.02 bits per heavy atom. The summed E-state index contributed by atoms with van der Waals surface area (Å²) in [4.78, 5) is 36.1. The van der Waals surface area contributed by atoms with Crippen LogP contribution in [0, 0.1) is 11.2 Å². The monoisotopic (exact) mass is 688 g/mol. The first-order valence-corrected chi connectivity index (χ1v) is 16.0. The van der Waals surface area contributed by atoms with Gasteiger partial charge < -0.3 is 20.9 Å². The number of alkyl halides is 3. The van der Waals surface area contributed by atoms with Gasteiger partial charge in [0, 0.05) is 67.8 Å². The summed E-state index contributed by atoms with van der Waals surface area (Å²) in [5.41, 5.74) is 6.87. The average molecular weight is 689 g/mol. The Labute approximate surface area is 285 Å². The molecule has 1 aromatic heterocycles. The number of nitrogens with zero attached hydrogens (tertiary/aromatic N) is 5. The van der Waals surface area contributed by atoms with Crippen LogP contribution in [0.25, 0.3) is 27.9 Å². The van der Waals surface area contributed by atoms with Crippen LogP contribution in [-0.2, 0) is 9.59 Å². The summed E-state index contributed by atoms with van der Waals surface area (Å²) in [6.45, 7) is 4.99. The molecule has 2 fully saturated rings. The maximum Gasteiger partial charge on any atom is 0.404 e. The molecule has 0 saturated carbocycles. The number of carbonyl (C=O) groups excluding carboxylic acids is 2. The number of nitrogens with two attached hydrogens (primary N) is 1. The lowest BCUT2D eigenvalue weighted by Gasteiger charge is -2.37. The quantitative estimate of drug-likeness (QED) is 0.159. The predicted molar refractivity (Wildman–Crippen MR) is 186 cm³/mol. The van der Waals surface area contributed by atoms with Crippen molar-refractivity contribution < 1.29 is 27.2 Å². The Bertz CT molecular complexity index is 1930. The summed E-state index contributed by atoms with van der Waals surface area (Å²) in [5, 5.41) is 10.1. The van der Waals surface area contributed by atoms with Crippen molar-refractivity contribution in [1.29, 1.82) is 0 Å². The van der Waals surface area contributed by atoms with Gasteiger partial charge in [0.25, 0.3) is 0 Å². The molecule has 4 N–H and O–H groups in total. The van der Waals surface area contributed by atoms with Crippen molar-refractivity contribution in [2.45, 2.75) is 12.6 Å². The van der Waals surface area contributed by atoms with Gasteiger partial charge >= 0.3 is 6.18 Å². The molecule has 0 radical (unpaired) electrons. The molecule has 14 heteroatoms. The summed E-state index contributed by atoms with van der Waals surface area (Å²) in [7, 11) is 0. The summed E-state index contributed by atoms with van der Waals surface area (Å²) in [6, 6.07) is 18.0. The minimum absolute atomic E-state index is 0.0572. The van der Waals surface area contributed by atoms with Crippen LogP contribution >= 0.6 is 0 Å². The predicted octanol–water partition coefficient (Wildman–Crippen LogP) is 5.42. The highest BCUT2D eigenvalue weighted by Gasteiger charge is 2.63. The fourth-order valence-electron chi connectivity index (χ4n) is 6.37. The summed E-state index contributed by atoms with van der Waals surface area (Å²) >= 11 is 0. The van der Waals surface area contributed by atoms with Gasteiger partial charge in [-0.05, 0) is 78.9 Å². The second kappa shape index (κ2) is 14.2. The molecule has 4 aromatic rings. The number of halogens is 4. The second-order valence-corrected chi connectivity index (χ2v) is 12.4. The van der Waals surface area contributed by atoms with E-state index < -0.39 is 36.3 Å². The van der Waals surface area contributed by atoms with Crippen molar-refractivity contribution in [3.8, 4) is 11.3 Å². The third-order valence-electron chi connectivity index (χ3n) is 9.25. The minimum Gasteiger partial charge on any atom is -0.405 e. The number of likely N-dealkylation sites (tertiary alicyclic amines) is 1. The van der Waals surface area contributed by atoms with Crippen LogP contribution in [0.15, 0.2) is 90.6 Å². The van der Waals surface area contributed by atoms with E-state index in [4.69, 9.17) is 5.73 Å². The number of hydrogen-bond acceptors (Lipinski definition) is 7. The van der Waals surface area contributed by atoms with E-state index in [1.54, 1.807) is 35.4 Å². The highest BCUT2D eigenvalue weighted by molar-refractivity contribution is 6.00. The number of allylic oxidation sites excluding steroid dienone is 1. The first kappa shape index (κ1) is 34.4. The standard InChI is InChI=1S/C36H36F4N8O2/c1-24(42-15-2-14-41)25-5-10-29(11-6-25)47-17-19-48(20-18-47)32(49)22-46-16-13-35(23-46,36(38,39)40)34(50)43-28-9-12-31-30(21-28)33(45-44-31)26-3-7-27(37)8-4-26/h2-12,14-15,21H,1,13,16-20,22-23,41H2,(H,43,50)(H,44,45)/b14-2-,42-15-. The molecule has 2 saturated heterocycles. The highest BCUT2D eigenvalue weighted by atomic mass is 19.4.